The molecule has 3 saturated heterocycles. The number of carbonyl (C=O) groups is 2. The SMILES string of the molecule is N#Cc1cnn2cc(-c3cnn(C4CCC(N5CCN(c6c(F)cc(NC7CCC(=O)NC7=O)cc6F)CC5)CC4)c3)nc(-c3ccc(N4CCOCC4)nc3)c12. The molecular weight excluding hydrogens is 735 g/mol. The number of morpholine rings is 1. The fraction of sp³-hybridized carbons (Fsp3) is 0.425. The van der Waals surface area contributed by atoms with Crippen LogP contribution in [0, 0.1) is 23.0 Å². The first kappa shape index (κ1) is 36.6. The molecule has 9 rings (SSSR count). The van der Waals surface area contributed by atoms with E-state index >= 15 is 8.78 Å². The van der Waals surface area contributed by atoms with Crippen LogP contribution in [0.1, 0.15) is 50.1 Å². The van der Waals surface area contributed by atoms with Gasteiger partial charge in [0.2, 0.25) is 11.8 Å². The van der Waals surface area contributed by atoms with Crippen LogP contribution in [0.3, 0.4) is 0 Å². The van der Waals surface area contributed by atoms with Crippen molar-refractivity contribution >= 4 is 34.5 Å². The minimum absolute atomic E-state index is 0.0566. The molecule has 0 bridgehead atoms. The van der Waals surface area contributed by atoms with Gasteiger partial charge in [-0.2, -0.15) is 15.5 Å². The zero-order valence-corrected chi connectivity index (χ0v) is 31.3. The second-order valence-corrected chi connectivity index (χ2v) is 15.1. The molecule has 4 aliphatic rings. The zero-order chi connectivity index (χ0) is 39.0. The monoisotopic (exact) mass is 776 g/mol. The van der Waals surface area contributed by atoms with Gasteiger partial charge in [0.25, 0.3) is 0 Å². The maximum atomic E-state index is 15.3. The lowest BCUT2D eigenvalue weighted by Gasteiger charge is -2.42. The number of fused-ring (bicyclic) bond motifs is 1. The summed E-state index contributed by atoms with van der Waals surface area (Å²) in [5.74, 6) is -1.35. The Morgan fingerprint density at radius 2 is 1.60 bits per heavy atom. The third-order valence-electron chi connectivity index (χ3n) is 11.7. The van der Waals surface area contributed by atoms with Crippen molar-refractivity contribution in [3.05, 3.63) is 72.4 Å². The summed E-state index contributed by atoms with van der Waals surface area (Å²) in [7, 11) is 0. The molecule has 2 amide bonds. The molecule has 4 aromatic heterocycles. The van der Waals surface area contributed by atoms with Gasteiger partial charge >= 0.3 is 0 Å². The van der Waals surface area contributed by atoms with Crippen molar-refractivity contribution in [1.29, 1.82) is 5.26 Å². The molecule has 1 saturated carbocycles. The Labute approximate surface area is 327 Å². The van der Waals surface area contributed by atoms with E-state index in [2.05, 4.69) is 31.6 Å². The van der Waals surface area contributed by atoms with Crippen LogP contribution in [0.4, 0.5) is 26.0 Å². The van der Waals surface area contributed by atoms with Gasteiger partial charge in [0.05, 0.1) is 49.2 Å². The van der Waals surface area contributed by atoms with Crippen LogP contribution in [0.2, 0.25) is 0 Å². The molecule has 7 heterocycles. The van der Waals surface area contributed by atoms with Crippen molar-refractivity contribution in [2.75, 3.05) is 67.6 Å². The Kier molecular flexibility index (Phi) is 9.97. The molecule has 17 heteroatoms. The number of anilines is 3. The number of piperidine rings is 1. The lowest BCUT2D eigenvalue weighted by molar-refractivity contribution is -0.133. The quantitative estimate of drug-likeness (QED) is 0.217. The van der Waals surface area contributed by atoms with Gasteiger partial charge in [-0.25, -0.2) is 23.3 Å². The number of nitrogens with zero attached hydrogens (tertiary/aromatic N) is 10. The van der Waals surface area contributed by atoms with Crippen molar-refractivity contribution in [2.45, 2.75) is 56.7 Å². The summed E-state index contributed by atoms with van der Waals surface area (Å²) in [5, 5.41) is 24.2. The highest BCUT2D eigenvalue weighted by Crippen LogP contribution is 2.35. The lowest BCUT2D eigenvalue weighted by Crippen LogP contribution is -2.51. The maximum Gasteiger partial charge on any atom is 0.249 e. The molecule has 4 fully saturated rings. The average Bonchev–Trinajstić information content (AvgIpc) is 3.90. The second-order valence-electron chi connectivity index (χ2n) is 15.1. The average molecular weight is 777 g/mol. The van der Waals surface area contributed by atoms with Crippen molar-refractivity contribution < 1.29 is 23.1 Å². The molecule has 0 radical (unpaired) electrons. The van der Waals surface area contributed by atoms with E-state index in [1.165, 1.54) is 12.1 Å². The highest BCUT2D eigenvalue weighted by molar-refractivity contribution is 6.01. The normalized spacial score (nSPS) is 22.1. The topological polar surface area (TPSA) is 162 Å². The first-order valence-electron chi connectivity index (χ1n) is 19.5. The first-order valence-corrected chi connectivity index (χ1v) is 19.5. The molecule has 1 atom stereocenters. The zero-order valence-electron chi connectivity index (χ0n) is 31.3. The number of halogens is 2. The van der Waals surface area contributed by atoms with Gasteiger partial charge in [0.15, 0.2) is 11.6 Å². The number of benzene rings is 1. The highest BCUT2D eigenvalue weighted by atomic mass is 19.1. The Morgan fingerprint density at radius 3 is 2.30 bits per heavy atom. The summed E-state index contributed by atoms with van der Waals surface area (Å²) in [6, 6.07) is 8.52. The van der Waals surface area contributed by atoms with E-state index in [1.54, 1.807) is 21.8 Å². The number of aromatic nitrogens is 6. The number of ether oxygens (including phenoxy) is 1. The van der Waals surface area contributed by atoms with Crippen LogP contribution in [0.15, 0.2) is 55.2 Å². The van der Waals surface area contributed by atoms with Gasteiger partial charge in [0, 0.05) is 80.9 Å². The summed E-state index contributed by atoms with van der Waals surface area (Å²) in [6.07, 6.45) is 13.3. The number of carbonyl (C=O) groups excluding carboxylic acids is 2. The van der Waals surface area contributed by atoms with Gasteiger partial charge in [-0.05, 0) is 56.4 Å². The molecule has 294 valence electrons. The summed E-state index contributed by atoms with van der Waals surface area (Å²) in [6.45, 7) is 5.28. The van der Waals surface area contributed by atoms with Gasteiger partial charge in [0.1, 0.15) is 34.7 Å². The molecule has 5 aromatic rings. The number of rotatable bonds is 8. The van der Waals surface area contributed by atoms with E-state index in [-0.39, 0.29) is 36.2 Å². The van der Waals surface area contributed by atoms with Gasteiger partial charge in [-0.3, -0.25) is 24.5 Å². The molecule has 3 aliphatic heterocycles. The predicted molar refractivity (Wildman–Crippen MR) is 206 cm³/mol. The maximum absolute atomic E-state index is 15.3. The Hall–Kier alpha value is -5.99. The van der Waals surface area contributed by atoms with Crippen molar-refractivity contribution in [2.24, 2.45) is 0 Å². The molecule has 1 aliphatic carbocycles. The number of pyridine rings is 1. The van der Waals surface area contributed by atoms with E-state index in [4.69, 9.17) is 19.8 Å². The Morgan fingerprint density at radius 1 is 0.842 bits per heavy atom. The standard InChI is InChI=1S/C40H42F2N12O3/c41-31-17-28(47-33-6-8-36(55)49-40(33)56)18-32(42)39(31)52-11-9-50(10-12-52)29-2-4-30(5-3-29)53-23-27(22-45-53)34-24-54-38(26(19-43)21-46-54)37(48-34)25-1-7-35(44-20-25)51-13-15-57-16-14-51/h1,7,17-18,20-24,29-30,33,47H,2-6,8-16H2,(H,49,55,56). The third-order valence-corrected chi connectivity index (χ3v) is 11.7. The largest absolute Gasteiger partial charge is 0.378 e. The van der Waals surface area contributed by atoms with Crippen molar-refractivity contribution in [3.8, 4) is 28.6 Å². The van der Waals surface area contributed by atoms with Crippen molar-refractivity contribution in [1.82, 2.24) is 39.6 Å². The number of hydrogen-bond acceptors (Lipinski definition) is 12. The van der Waals surface area contributed by atoms with E-state index in [0.717, 1.165) is 55.7 Å². The summed E-state index contributed by atoms with van der Waals surface area (Å²) < 4.78 is 39.8. The fourth-order valence-corrected chi connectivity index (χ4v) is 8.59. The fourth-order valence-electron chi connectivity index (χ4n) is 8.59. The van der Waals surface area contributed by atoms with Crippen LogP contribution in [-0.2, 0) is 14.3 Å². The van der Waals surface area contributed by atoms with Gasteiger partial charge in [-0.15, -0.1) is 0 Å². The van der Waals surface area contributed by atoms with E-state index in [1.807, 2.05) is 35.4 Å². The number of nitriles is 1. The lowest BCUT2D eigenvalue weighted by atomic mass is 9.90. The van der Waals surface area contributed by atoms with Gasteiger partial charge < -0.3 is 19.9 Å². The molecule has 57 heavy (non-hydrogen) atoms. The molecule has 1 unspecified atom stereocenters. The van der Waals surface area contributed by atoms with Crippen LogP contribution < -0.4 is 20.4 Å². The van der Waals surface area contributed by atoms with Crippen LogP contribution in [0.25, 0.3) is 28.0 Å². The Bertz CT molecular complexity index is 2310. The van der Waals surface area contributed by atoms with E-state index in [0.29, 0.717) is 67.9 Å². The van der Waals surface area contributed by atoms with Crippen LogP contribution >= 0.6 is 0 Å². The minimum Gasteiger partial charge on any atom is -0.378 e. The number of nitrogens with one attached hydrogen (secondary N) is 2. The molecular formula is C40H42F2N12O3. The van der Waals surface area contributed by atoms with Gasteiger partial charge in [-0.1, -0.05) is 0 Å². The molecule has 2 N–H and O–H groups in total. The number of piperazine rings is 1. The van der Waals surface area contributed by atoms with Crippen molar-refractivity contribution in [3.63, 3.8) is 0 Å². The predicted octanol–water partition coefficient (Wildman–Crippen LogP) is 4.16. The molecule has 15 nitrogen and oxygen atoms in total. The smallest absolute Gasteiger partial charge is 0.249 e. The van der Waals surface area contributed by atoms with E-state index in [9.17, 15) is 14.9 Å². The van der Waals surface area contributed by atoms with Crippen LogP contribution in [0.5, 0.6) is 0 Å². The minimum atomic E-state index is -0.725. The van der Waals surface area contributed by atoms with Crippen LogP contribution in [-0.4, -0.2) is 111 Å². The summed E-state index contributed by atoms with van der Waals surface area (Å²) >= 11 is 0. The second kappa shape index (κ2) is 15.5. The third kappa shape index (κ3) is 7.38. The first-order chi connectivity index (χ1) is 27.8. The highest BCUT2D eigenvalue weighted by Gasteiger charge is 2.32. The summed E-state index contributed by atoms with van der Waals surface area (Å²) in [4.78, 5) is 39.7. The number of amides is 2. The van der Waals surface area contributed by atoms with E-state index < -0.39 is 23.6 Å². The molecule has 0 spiro atoms. The number of hydrogen-bond donors (Lipinski definition) is 2. The Balaban J connectivity index is 0.829. The summed E-state index contributed by atoms with van der Waals surface area (Å²) in [5.41, 5.74) is 4.12. The number of imide groups is 1. The molecule has 1 aromatic carbocycles.